The highest BCUT2D eigenvalue weighted by molar-refractivity contribution is 7.89. The molecule has 2 unspecified atom stereocenters. The van der Waals surface area contributed by atoms with Crippen molar-refractivity contribution in [3.05, 3.63) is 54.1 Å². The second-order valence-electron chi connectivity index (χ2n) is 8.98. The van der Waals surface area contributed by atoms with Crippen molar-refractivity contribution < 1.29 is 22.7 Å². The third-order valence-electron chi connectivity index (χ3n) is 6.62. The first-order valence-electron chi connectivity index (χ1n) is 12.1. The molecule has 1 amide bonds. The van der Waals surface area contributed by atoms with Gasteiger partial charge in [-0.2, -0.15) is 0 Å². The van der Waals surface area contributed by atoms with Crippen molar-refractivity contribution in [3.63, 3.8) is 0 Å². The van der Waals surface area contributed by atoms with Gasteiger partial charge in [-0.3, -0.25) is 4.79 Å². The van der Waals surface area contributed by atoms with Crippen LogP contribution in [0.1, 0.15) is 38.7 Å². The predicted octanol–water partition coefficient (Wildman–Crippen LogP) is 3.38. The number of benzene rings is 2. The number of hydrogen-bond acceptors (Lipinski definition) is 5. The van der Waals surface area contributed by atoms with Crippen LogP contribution in [0.25, 0.3) is 11.1 Å². The van der Waals surface area contributed by atoms with Gasteiger partial charge in [0.05, 0.1) is 18.4 Å². The smallest absolute Gasteiger partial charge is 0.251 e. The van der Waals surface area contributed by atoms with E-state index in [0.717, 1.165) is 35.3 Å². The van der Waals surface area contributed by atoms with Crippen LogP contribution in [0.3, 0.4) is 0 Å². The van der Waals surface area contributed by atoms with E-state index in [0.29, 0.717) is 32.6 Å². The lowest BCUT2D eigenvalue weighted by Crippen LogP contribution is -2.50. The SMILES string of the molecule is CCS(=O)(=O)NC1CCN2C(=O)[C@@H](C)OCCCCOc3ccccc3-c3cccc(c3)CC12. The van der Waals surface area contributed by atoms with Crippen molar-refractivity contribution in [2.45, 2.75) is 57.7 Å². The number of para-hydroxylation sites is 1. The number of ether oxygens (including phenoxy) is 2. The van der Waals surface area contributed by atoms with E-state index in [-0.39, 0.29) is 23.7 Å². The molecular weight excluding hydrogens is 452 g/mol. The van der Waals surface area contributed by atoms with Crippen molar-refractivity contribution in [1.29, 1.82) is 0 Å². The molecule has 0 saturated carbocycles. The van der Waals surface area contributed by atoms with E-state index in [1.165, 1.54) is 0 Å². The first-order valence-corrected chi connectivity index (χ1v) is 13.8. The van der Waals surface area contributed by atoms with Crippen molar-refractivity contribution in [2.24, 2.45) is 0 Å². The molecule has 2 heterocycles. The van der Waals surface area contributed by atoms with E-state index in [1.807, 2.05) is 41.3 Å². The Balaban J connectivity index is 1.70. The summed E-state index contributed by atoms with van der Waals surface area (Å²) in [6.07, 6.45) is 2.16. The Kier molecular flexibility index (Phi) is 7.91. The van der Waals surface area contributed by atoms with Crippen LogP contribution >= 0.6 is 0 Å². The summed E-state index contributed by atoms with van der Waals surface area (Å²) >= 11 is 0. The van der Waals surface area contributed by atoms with Crippen LogP contribution in [0.5, 0.6) is 5.75 Å². The standard InChI is InChI=1S/C26H34N2O5S/c1-3-34(30,31)27-23-13-14-28-24(23)18-20-9-8-10-21(17-20)22-11-4-5-12-25(22)33-16-7-6-15-32-19(2)26(28)29/h4-5,8-12,17,19,23-24,27H,3,6-7,13-16,18H2,1-2H3/t19-,23?,24?/m1/s1. The van der Waals surface area contributed by atoms with Crippen molar-refractivity contribution in [3.8, 4) is 16.9 Å². The van der Waals surface area contributed by atoms with E-state index in [4.69, 9.17) is 9.47 Å². The van der Waals surface area contributed by atoms with Gasteiger partial charge in [0.15, 0.2) is 0 Å². The summed E-state index contributed by atoms with van der Waals surface area (Å²) in [7, 11) is -3.40. The van der Waals surface area contributed by atoms with Crippen LogP contribution in [-0.2, 0) is 26.0 Å². The Morgan fingerprint density at radius 3 is 2.71 bits per heavy atom. The largest absolute Gasteiger partial charge is 0.493 e. The molecule has 0 aromatic heterocycles. The molecule has 1 saturated heterocycles. The third-order valence-corrected chi connectivity index (χ3v) is 8.04. The first-order chi connectivity index (χ1) is 16.4. The summed E-state index contributed by atoms with van der Waals surface area (Å²) in [5.74, 6) is 0.760. The van der Waals surface area contributed by atoms with Gasteiger partial charge in [-0.25, -0.2) is 13.1 Å². The molecule has 2 aliphatic heterocycles. The Labute approximate surface area is 202 Å². The van der Waals surface area contributed by atoms with Gasteiger partial charge in [-0.1, -0.05) is 42.5 Å². The molecule has 0 aliphatic carbocycles. The lowest BCUT2D eigenvalue weighted by molar-refractivity contribution is -0.143. The maximum absolute atomic E-state index is 13.3. The van der Waals surface area contributed by atoms with Crippen LogP contribution in [0.15, 0.2) is 48.5 Å². The fraction of sp³-hybridized carbons (Fsp3) is 0.500. The molecule has 4 rings (SSSR count). The average molecular weight is 487 g/mol. The van der Waals surface area contributed by atoms with Gasteiger partial charge >= 0.3 is 0 Å². The Bertz CT molecular complexity index is 1100. The van der Waals surface area contributed by atoms with Gasteiger partial charge in [0.25, 0.3) is 5.91 Å². The molecule has 184 valence electrons. The highest BCUT2D eigenvalue weighted by Gasteiger charge is 2.40. The summed E-state index contributed by atoms with van der Waals surface area (Å²) in [5, 5.41) is 0. The molecule has 2 aliphatic rings. The van der Waals surface area contributed by atoms with Gasteiger partial charge in [-0.05, 0) is 56.7 Å². The minimum absolute atomic E-state index is 0.00987. The molecular formula is C26H34N2O5S. The second-order valence-corrected chi connectivity index (χ2v) is 11.0. The summed E-state index contributed by atoms with van der Waals surface area (Å²) < 4.78 is 39.5. The quantitative estimate of drug-likeness (QED) is 0.719. The van der Waals surface area contributed by atoms with Gasteiger partial charge in [-0.15, -0.1) is 0 Å². The lowest BCUT2D eigenvalue weighted by Gasteiger charge is -2.31. The van der Waals surface area contributed by atoms with Crippen molar-refractivity contribution in [2.75, 3.05) is 25.5 Å². The van der Waals surface area contributed by atoms with E-state index in [1.54, 1.807) is 13.8 Å². The van der Waals surface area contributed by atoms with Crippen molar-refractivity contribution >= 4 is 15.9 Å². The number of hydrogen-bond donors (Lipinski definition) is 1. The van der Waals surface area contributed by atoms with Crippen LogP contribution in [0, 0.1) is 0 Å². The molecule has 34 heavy (non-hydrogen) atoms. The maximum atomic E-state index is 13.3. The highest BCUT2D eigenvalue weighted by Crippen LogP contribution is 2.32. The van der Waals surface area contributed by atoms with Gasteiger partial charge in [0, 0.05) is 24.8 Å². The molecule has 1 N–H and O–H groups in total. The van der Waals surface area contributed by atoms with Crippen LogP contribution in [-0.4, -0.2) is 62.9 Å². The lowest BCUT2D eigenvalue weighted by atomic mass is 9.96. The normalized spacial score (nSPS) is 24.2. The molecule has 7 nitrogen and oxygen atoms in total. The number of rotatable bonds is 3. The van der Waals surface area contributed by atoms with Gasteiger partial charge in [0.2, 0.25) is 10.0 Å². The predicted molar refractivity (Wildman–Crippen MR) is 132 cm³/mol. The molecule has 2 bridgehead atoms. The summed E-state index contributed by atoms with van der Waals surface area (Å²) in [6.45, 7) is 4.96. The summed E-state index contributed by atoms with van der Waals surface area (Å²) in [5.41, 5.74) is 3.10. The van der Waals surface area contributed by atoms with Crippen LogP contribution < -0.4 is 9.46 Å². The average Bonchev–Trinajstić information content (AvgIpc) is 3.21. The minimum atomic E-state index is -3.40. The number of carbonyl (C=O) groups is 1. The van der Waals surface area contributed by atoms with Crippen LogP contribution in [0.4, 0.5) is 0 Å². The number of fused-ring (bicyclic) bond motifs is 5. The zero-order valence-electron chi connectivity index (χ0n) is 19.9. The molecule has 2 aromatic carbocycles. The van der Waals surface area contributed by atoms with E-state index >= 15 is 0 Å². The zero-order chi connectivity index (χ0) is 24.1. The number of sulfonamides is 1. The monoisotopic (exact) mass is 486 g/mol. The van der Waals surface area contributed by atoms with E-state index < -0.39 is 16.1 Å². The fourth-order valence-corrected chi connectivity index (χ4v) is 5.62. The Morgan fingerprint density at radius 2 is 1.88 bits per heavy atom. The molecule has 8 heteroatoms. The maximum Gasteiger partial charge on any atom is 0.251 e. The topological polar surface area (TPSA) is 84.9 Å². The summed E-state index contributed by atoms with van der Waals surface area (Å²) in [6, 6.07) is 15.6. The fourth-order valence-electron chi connectivity index (χ4n) is 4.72. The highest BCUT2D eigenvalue weighted by atomic mass is 32.2. The number of carbonyl (C=O) groups excluding carboxylic acids is 1. The van der Waals surface area contributed by atoms with Crippen molar-refractivity contribution in [1.82, 2.24) is 9.62 Å². The van der Waals surface area contributed by atoms with Gasteiger partial charge in [0.1, 0.15) is 11.9 Å². The van der Waals surface area contributed by atoms with E-state index in [2.05, 4.69) is 16.9 Å². The van der Waals surface area contributed by atoms with Gasteiger partial charge < -0.3 is 14.4 Å². The Hall–Kier alpha value is -2.42. The zero-order valence-corrected chi connectivity index (χ0v) is 20.7. The number of nitrogens with one attached hydrogen (secondary N) is 1. The molecule has 0 radical (unpaired) electrons. The number of amides is 1. The second kappa shape index (κ2) is 10.9. The molecule has 3 atom stereocenters. The minimum Gasteiger partial charge on any atom is -0.493 e. The Morgan fingerprint density at radius 1 is 1.09 bits per heavy atom. The first kappa shape index (κ1) is 24.7. The number of nitrogens with zero attached hydrogens (tertiary/aromatic N) is 1. The molecule has 2 aromatic rings. The molecule has 1 fully saturated rings. The third kappa shape index (κ3) is 5.79. The van der Waals surface area contributed by atoms with Crippen LogP contribution in [0.2, 0.25) is 0 Å². The molecule has 0 spiro atoms. The van der Waals surface area contributed by atoms with E-state index in [9.17, 15) is 13.2 Å². The summed E-state index contributed by atoms with van der Waals surface area (Å²) in [4.78, 5) is 15.1.